The lowest BCUT2D eigenvalue weighted by molar-refractivity contribution is -0.0167. The van der Waals surface area contributed by atoms with Gasteiger partial charge in [0.2, 0.25) is 0 Å². The number of aryl methyl sites for hydroxylation is 1. The number of aromatic nitrogens is 2. The summed E-state index contributed by atoms with van der Waals surface area (Å²) in [4.78, 5) is 4.16. The molecule has 1 atom stereocenters. The van der Waals surface area contributed by atoms with E-state index in [1.165, 1.54) is 0 Å². The second kappa shape index (κ2) is 3.67. The van der Waals surface area contributed by atoms with Gasteiger partial charge in [0, 0.05) is 13.0 Å². The van der Waals surface area contributed by atoms with E-state index in [1.807, 2.05) is 6.92 Å². The topological polar surface area (TPSA) is 71.2 Å². The van der Waals surface area contributed by atoms with Crippen LogP contribution >= 0.6 is 0 Å². The summed E-state index contributed by atoms with van der Waals surface area (Å²) in [6.45, 7) is 3.40. The number of hydrogen-bond acceptors (Lipinski definition) is 5. The van der Waals surface area contributed by atoms with Crippen LogP contribution in [0.3, 0.4) is 0 Å². The Labute approximate surface area is 82.5 Å². The summed E-state index contributed by atoms with van der Waals surface area (Å²) in [5, 5.41) is 17.1. The first-order valence-corrected chi connectivity index (χ1v) is 5.01. The summed E-state index contributed by atoms with van der Waals surface area (Å²) in [5.74, 6) is 1.00. The van der Waals surface area contributed by atoms with Gasteiger partial charge in [0.05, 0.1) is 0 Å². The third-order valence-corrected chi connectivity index (χ3v) is 2.54. The summed E-state index contributed by atoms with van der Waals surface area (Å²) < 4.78 is 5.05. The summed E-state index contributed by atoms with van der Waals surface area (Å²) in [6.07, 6.45) is 2.35. The van der Waals surface area contributed by atoms with Crippen molar-refractivity contribution in [2.45, 2.75) is 31.8 Å². The van der Waals surface area contributed by atoms with E-state index in [0.717, 1.165) is 19.4 Å². The van der Waals surface area contributed by atoms with Crippen LogP contribution in [0.15, 0.2) is 4.52 Å². The summed E-state index contributed by atoms with van der Waals surface area (Å²) in [6, 6.07) is 0. The third kappa shape index (κ3) is 1.65. The van der Waals surface area contributed by atoms with Crippen LogP contribution in [0.2, 0.25) is 0 Å². The Morgan fingerprint density at radius 3 is 3.07 bits per heavy atom. The van der Waals surface area contributed by atoms with Gasteiger partial charge in [-0.05, 0) is 19.4 Å². The fraction of sp³-hybridized carbons (Fsp3) is 0.778. The molecule has 78 valence electrons. The minimum atomic E-state index is -0.960. The zero-order valence-electron chi connectivity index (χ0n) is 8.29. The van der Waals surface area contributed by atoms with Crippen molar-refractivity contribution < 1.29 is 9.63 Å². The first-order valence-electron chi connectivity index (χ1n) is 5.01. The molecule has 0 amide bonds. The molecule has 0 aliphatic carbocycles. The number of nitrogens with one attached hydrogen (secondary N) is 1. The molecule has 2 N–H and O–H groups in total. The van der Waals surface area contributed by atoms with Crippen molar-refractivity contribution in [2.24, 2.45) is 0 Å². The van der Waals surface area contributed by atoms with E-state index in [2.05, 4.69) is 15.5 Å². The normalized spacial score (nSPS) is 27.9. The number of nitrogens with zero attached hydrogens (tertiary/aromatic N) is 2. The van der Waals surface area contributed by atoms with Gasteiger partial charge >= 0.3 is 0 Å². The van der Waals surface area contributed by atoms with Gasteiger partial charge in [0.15, 0.2) is 11.4 Å². The minimum Gasteiger partial charge on any atom is -0.379 e. The Hall–Kier alpha value is -0.940. The number of aliphatic hydroxyl groups is 1. The van der Waals surface area contributed by atoms with E-state index in [9.17, 15) is 5.11 Å². The van der Waals surface area contributed by atoms with Crippen molar-refractivity contribution >= 4 is 0 Å². The van der Waals surface area contributed by atoms with Crippen LogP contribution in [0.25, 0.3) is 0 Å². The van der Waals surface area contributed by atoms with E-state index >= 15 is 0 Å². The van der Waals surface area contributed by atoms with Crippen LogP contribution < -0.4 is 5.32 Å². The number of β-amino-alcohol motifs (C(OH)–C–C–N with tert-alkyl or cyclic N) is 1. The van der Waals surface area contributed by atoms with Crippen LogP contribution in [0.1, 0.15) is 31.5 Å². The number of piperidine rings is 1. The van der Waals surface area contributed by atoms with E-state index in [1.54, 1.807) is 0 Å². The predicted octanol–water partition coefficient (Wildman–Crippen LogP) is 0.203. The van der Waals surface area contributed by atoms with Crippen molar-refractivity contribution in [1.29, 1.82) is 0 Å². The summed E-state index contributed by atoms with van der Waals surface area (Å²) in [7, 11) is 0. The van der Waals surface area contributed by atoms with E-state index in [0.29, 0.717) is 24.7 Å². The van der Waals surface area contributed by atoms with E-state index in [4.69, 9.17) is 4.52 Å². The van der Waals surface area contributed by atoms with Crippen molar-refractivity contribution in [3.05, 3.63) is 11.7 Å². The fourth-order valence-electron chi connectivity index (χ4n) is 1.66. The lowest BCUT2D eigenvalue weighted by Gasteiger charge is -2.28. The SMILES string of the molecule is CCc1noc(C2(O)CCCNC2)n1. The third-order valence-electron chi connectivity index (χ3n) is 2.54. The van der Waals surface area contributed by atoms with Crippen LogP contribution in [0.5, 0.6) is 0 Å². The highest BCUT2D eigenvalue weighted by Gasteiger charge is 2.36. The van der Waals surface area contributed by atoms with Crippen LogP contribution in [0, 0.1) is 0 Å². The highest BCUT2D eigenvalue weighted by atomic mass is 16.5. The Kier molecular flexibility index (Phi) is 2.52. The Morgan fingerprint density at radius 2 is 2.50 bits per heavy atom. The van der Waals surface area contributed by atoms with Crippen molar-refractivity contribution in [3.8, 4) is 0 Å². The second-order valence-corrected chi connectivity index (χ2v) is 3.68. The molecule has 0 aromatic carbocycles. The first kappa shape index (κ1) is 9.61. The molecular weight excluding hydrogens is 182 g/mol. The van der Waals surface area contributed by atoms with Gasteiger partial charge in [-0.3, -0.25) is 0 Å². The van der Waals surface area contributed by atoms with Gasteiger partial charge < -0.3 is 14.9 Å². The molecule has 0 saturated carbocycles. The number of hydrogen-bond donors (Lipinski definition) is 2. The molecule has 1 aliphatic rings. The number of rotatable bonds is 2. The lowest BCUT2D eigenvalue weighted by atomic mass is 9.94. The molecule has 1 unspecified atom stereocenters. The van der Waals surface area contributed by atoms with Gasteiger partial charge in [-0.2, -0.15) is 4.98 Å². The molecule has 2 rings (SSSR count). The Bertz CT molecular complexity index is 305. The molecule has 5 heteroatoms. The average molecular weight is 197 g/mol. The van der Waals surface area contributed by atoms with Crippen LogP contribution in [0.4, 0.5) is 0 Å². The molecule has 5 nitrogen and oxygen atoms in total. The average Bonchev–Trinajstić information content (AvgIpc) is 2.67. The predicted molar refractivity (Wildman–Crippen MR) is 49.7 cm³/mol. The molecule has 2 heterocycles. The molecule has 0 spiro atoms. The highest BCUT2D eigenvalue weighted by molar-refractivity contribution is 5.01. The molecule has 1 aromatic heterocycles. The summed E-state index contributed by atoms with van der Waals surface area (Å²) in [5.41, 5.74) is -0.960. The van der Waals surface area contributed by atoms with Gasteiger partial charge in [0.25, 0.3) is 5.89 Å². The van der Waals surface area contributed by atoms with E-state index in [-0.39, 0.29) is 0 Å². The molecule has 0 radical (unpaired) electrons. The maximum absolute atomic E-state index is 10.2. The van der Waals surface area contributed by atoms with Gasteiger partial charge in [-0.25, -0.2) is 0 Å². The highest BCUT2D eigenvalue weighted by Crippen LogP contribution is 2.26. The van der Waals surface area contributed by atoms with Crippen LogP contribution in [-0.4, -0.2) is 28.3 Å². The Balaban J connectivity index is 2.19. The van der Waals surface area contributed by atoms with Gasteiger partial charge in [-0.1, -0.05) is 12.1 Å². The quantitative estimate of drug-likeness (QED) is 0.708. The molecule has 1 aromatic rings. The monoisotopic (exact) mass is 197 g/mol. The zero-order chi connectivity index (χ0) is 10.0. The molecule has 1 aliphatic heterocycles. The molecule has 1 saturated heterocycles. The molecule has 1 fully saturated rings. The second-order valence-electron chi connectivity index (χ2n) is 3.68. The minimum absolute atomic E-state index is 0.349. The largest absolute Gasteiger partial charge is 0.379 e. The first-order chi connectivity index (χ1) is 6.74. The summed E-state index contributed by atoms with van der Waals surface area (Å²) >= 11 is 0. The maximum Gasteiger partial charge on any atom is 0.259 e. The zero-order valence-corrected chi connectivity index (χ0v) is 8.29. The van der Waals surface area contributed by atoms with Crippen molar-refractivity contribution in [2.75, 3.05) is 13.1 Å². The van der Waals surface area contributed by atoms with Crippen molar-refractivity contribution in [3.63, 3.8) is 0 Å². The lowest BCUT2D eigenvalue weighted by Crippen LogP contribution is -2.43. The standard InChI is InChI=1S/C9H15N3O2/c1-2-7-11-8(14-12-7)9(13)4-3-5-10-6-9/h10,13H,2-6H2,1H3. The van der Waals surface area contributed by atoms with Gasteiger partial charge in [-0.15, -0.1) is 0 Å². The molecular formula is C9H15N3O2. The molecule has 14 heavy (non-hydrogen) atoms. The molecule has 0 bridgehead atoms. The van der Waals surface area contributed by atoms with E-state index < -0.39 is 5.60 Å². The fourth-order valence-corrected chi connectivity index (χ4v) is 1.66. The van der Waals surface area contributed by atoms with Crippen molar-refractivity contribution in [1.82, 2.24) is 15.5 Å². The Morgan fingerprint density at radius 1 is 1.64 bits per heavy atom. The van der Waals surface area contributed by atoms with Crippen LogP contribution in [-0.2, 0) is 12.0 Å². The van der Waals surface area contributed by atoms with Gasteiger partial charge in [0.1, 0.15) is 0 Å². The maximum atomic E-state index is 10.2. The smallest absolute Gasteiger partial charge is 0.259 e.